The monoisotopic (exact) mass is 222 g/mol. The van der Waals surface area contributed by atoms with Crippen LogP contribution in [0.5, 0.6) is 0 Å². The van der Waals surface area contributed by atoms with Crippen LogP contribution < -0.4 is 11.1 Å². The van der Waals surface area contributed by atoms with Crippen LogP contribution in [0.3, 0.4) is 0 Å². The Hall–Kier alpha value is -1.55. The van der Waals surface area contributed by atoms with Gasteiger partial charge in [-0.05, 0) is 25.5 Å². The quantitative estimate of drug-likeness (QED) is 0.711. The topological polar surface area (TPSA) is 68.3 Å². The molecular formula is C12H18N2O2. The normalized spacial score (nSPS) is 14.1. The van der Waals surface area contributed by atoms with Crippen molar-refractivity contribution in [3.8, 4) is 0 Å². The largest absolute Gasteiger partial charge is 0.469 e. The number of nitrogens with one attached hydrogen (secondary N) is 1. The van der Waals surface area contributed by atoms with E-state index in [0.29, 0.717) is 12.8 Å². The molecule has 1 aromatic rings. The van der Waals surface area contributed by atoms with Gasteiger partial charge in [0.05, 0.1) is 12.3 Å². The molecule has 16 heavy (non-hydrogen) atoms. The summed E-state index contributed by atoms with van der Waals surface area (Å²) in [6.07, 6.45) is 4.41. The summed E-state index contributed by atoms with van der Waals surface area (Å²) in [6, 6.07) is 3.20. The molecule has 1 heterocycles. The van der Waals surface area contributed by atoms with E-state index < -0.39 is 6.04 Å². The van der Waals surface area contributed by atoms with Crippen molar-refractivity contribution in [1.29, 1.82) is 0 Å². The second-order valence-corrected chi connectivity index (χ2v) is 3.82. The van der Waals surface area contributed by atoms with Gasteiger partial charge in [0.25, 0.3) is 0 Å². The fourth-order valence-corrected chi connectivity index (χ4v) is 1.42. The molecule has 0 saturated carbocycles. The van der Waals surface area contributed by atoms with Crippen LogP contribution in [0.4, 0.5) is 0 Å². The summed E-state index contributed by atoms with van der Waals surface area (Å²) in [5.74, 6) is 0.698. The Balaban J connectivity index is 2.36. The molecule has 0 spiro atoms. The molecule has 1 rings (SSSR count). The van der Waals surface area contributed by atoms with Crippen molar-refractivity contribution < 1.29 is 9.21 Å². The molecule has 1 amide bonds. The molecule has 0 aromatic carbocycles. The van der Waals surface area contributed by atoms with E-state index in [0.717, 1.165) is 5.76 Å². The molecule has 1 aromatic heterocycles. The van der Waals surface area contributed by atoms with Crippen molar-refractivity contribution in [3.63, 3.8) is 0 Å². The molecule has 0 aliphatic carbocycles. The number of amides is 1. The van der Waals surface area contributed by atoms with Crippen molar-refractivity contribution in [1.82, 2.24) is 5.32 Å². The van der Waals surface area contributed by atoms with Gasteiger partial charge in [-0.15, -0.1) is 6.58 Å². The Morgan fingerprint density at radius 1 is 1.75 bits per heavy atom. The molecule has 0 saturated heterocycles. The van der Waals surface area contributed by atoms with Gasteiger partial charge in [-0.25, -0.2) is 0 Å². The van der Waals surface area contributed by atoms with Crippen LogP contribution in [0, 0.1) is 0 Å². The summed E-state index contributed by atoms with van der Waals surface area (Å²) in [4.78, 5) is 11.6. The van der Waals surface area contributed by atoms with Crippen molar-refractivity contribution in [2.24, 2.45) is 5.73 Å². The van der Waals surface area contributed by atoms with Crippen LogP contribution in [-0.2, 0) is 11.2 Å². The molecule has 0 bridgehead atoms. The van der Waals surface area contributed by atoms with Gasteiger partial charge < -0.3 is 15.5 Å². The minimum atomic E-state index is -0.517. The molecular weight excluding hydrogens is 204 g/mol. The van der Waals surface area contributed by atoms with E-state index in [1.165, 1.54) is 0 Å². The van der Waals surface area contributed by atoms with E-state index in [2.05, 4.69) is 11.9 Å². The Bertz CT molecular complexity index is 333. The number of nitrogens with two attached hydrogens (primary N) is 1. The highest BCUT2D eigenvalue weighted by Crippen LogP contribution is 2.04. The first-order valence-corrected chi connectivity index (χ1v) is 5.32. The minimum absolute atomic E-state index is 0.00881. The van der Waals surface area contributed by atoms with Crippen LogP contribution in [-0.4, -0.2) is 18.0 Å². The summed E-state index contributed by atoms with van der Waals surface area (Å²) in [6.45, 7) is 5.47. The van der Waals surface area contributed by atoms with Gasteiger partial charge in [-0.2, -0.15) is 0 Å². The third-order valence-corrected chi connectivity index (χ3v) is 2.23. The number of hydrogen-bond acceptors (Lipinski definition) is 3. The second-order valence-electron chi connectivity index (χ2n) is 3.82. The standard InChI is InChI=1S/C12H18N2O2/c1-3-5-11(13)12(15)14-9(2)8-10-6-4-7-16-10/h3-4,6-7,9,11H,1,5,8,13H2,2H3,(H,14,15). The first-order chi connectivity index (χ1) is 7.63. The lowest BCUT2D eigenvalue weighted by Gasteiger charge is -2.15. The number of furan rings is 1. The summed E-state index contributed by atoms with van der Waals surface area (Å²) < 4.78 is 5.19. The second kappa shape index (κ2) is 6.12. The van der Waals surface area contributed by atoms with Gasteiger partial charge in [0.15, 0.2) is 0 Å². The van der Waals surface area contributed by atoms with Gasteiger partial charge in [0.1, 0.15) is 5.76 Å². The van der Waals surface area contributed by atoms with Crippen molar-refractivity contribution in [3.05, 3.63) is 36.8 Å². The number of carbonyl (C=O) groups is 1. The zero-order valence-electron chi connectivity index (χ0n) is 9.48. The number of rotatable bonds is 6. The SMILES string of the molecule is C=CCC(N)C(=O)NC(C)Cc1ccco1. The zero-order chi connectivity index (χ0) is 12.0. The van der Waals surface area contributed by atoms with Crippen molar-refractivity contribution in [2.75, 3.05) is 0 Å². The molecule has 0 aliphatic heterocycles. The molecule has 4 nitrogen and oxygen atoms in total. The highest BCUT2D eigenvalue weighted by Gasteiger charge is 2.14. The summed E-state index contributed by atoms with van der Waals surface area (Å²) in [5, 5.41) is 2.83. The molecule has 0 fully saturated rings. The maximum Gasteiger partial charge on any atom is 0.237 e. The van der Waals surface area contributed by atoms with E-state index in [9.17, 15) is 4.79 Å². The maximum atomic E-state index is 11.6. The summed E-state index contributed by atoms with van der Waals surface area (Å²) >= 11 is 0. The van der Waals surface area contributed by atoms with Gasteiger partial charge >= 0.3 is 0 Å². The zero-order valence-corrected chi connectivity index (χ0v) is 9.48. The summed E-state index contributed by atoms with van der Waals surface area (Å²) in [5.41, 5.74) is 5.64. The van der Waals surface area contributed by atoms with Crippen LogP contribution >= 0.6 is 0 Å². The van der Waals surface area contributed by atoms with E-state index in [1.807, 2.05) is 19.1 Å². The Kier molecular flexibility index (Phi) is 4.79. The lowest BCUT2D eigenvalue weighted by atomic mass is 10.1. The number of hydrogen-bond donors (Lipinski definition) is 2. The van der Waals surface area contributed by atoms with E-state index in [-0.39, 0.29) is 11.9 Å². The van der Waals surface area contributed by atoms with Crippen LogP contribution in [0.2, 0.25) is 0 Å². The smallest absolute Gasteiger partial charge is 0.237 e. The average Bonchev–Trinajstić information content (AvgIpc) is 2.70. The van der Waals surface area contributed by atoms with Crippen LogP contribution in [0.15, 0.2) is 35.5 Å². The summed E-state index contributed by atoms with van der Waals surface area (Å²) in [7, 11) is 0. The van der Waals surface area contributed by atoms with Gasteiger partial charge in [0.2, 0.25) is 5.91 Å². The first-order valence-electron chi connectivity index (χ1n) is 5.32. The first kappa shape index (κ1) is 12.5. The predicted octanol–water partition coefficient (Wildman–Crippen LogP) is 1.23. The average molecular weight is 222 g/mol. The fourth-order valence-electron chi connectivity index (χ4n) is 1.42. The van der Waals surface area contributed by atoms with E-state index in [1.54, 1.807) is 12.3 Å². The predicted molar refractivity (Wildman–Crippen MR) is 62.8 cm³/mol. The molecule has 0 radical (unpaired) electrons. The molecule has 0 aliphatic rings. The van der Waals surface area contributed by atoms with Gasteiger partial charge in [-0.1, -0.05) is 6.08 Å². The van der Waals surface area contributed by atoms with Crippen LogP contribution in [0.1, 0.15) is 19.1 Å². The minimum Gasteiger partial charge on any atom is -0.469 e. The lowest BCUT2D eigenvalue weighted by molar-refractivity contribution is -0.122. The lowest BCUT2D eigenvalue weighted by Crippen LogP contribution is -2.44. The highest BCUT2D eigenvalue weighted by molar-refractivity contribution is 5.81. The molecule has 2 unspecified atom stereocenters. The molecule has 3 N–H and O–H groups in total. The third-order valence-electron chi connectivity index (χ3n) is 2.23. The maximum absolute atomic E-state index is 11.6. The third kappa shape index (κ3) is 3.90. The van der Waals surface area contributed by atoms with Crippen molar-refractivity contribution >= 4 is 5.91 Å². The Morgan fingerprint density at radius 2 is 2.50 bits per heavy atom. The number of carbonyl (C=O) groups excluding carboxylic acids is 1. The molecule has 4 heteroatoms. The van der Waals surface area contributed by atoms with Crippen LogP contribution in [0.25, 0.3) is 0 Å². The van der Waals surface area contributed by atoms with E-state index >= 15 is 0 Å². The molecule has 2 atom stereocenters. The Morgan fingerprint density at radius 3 is 3.06 bits per heavy atom. The van der Waals surface area contributed by atoms with Gasteiger partial charge in [-0.3, -0.25) is 4.79 Å². The van der Waals surface area contributed by atoms with Gasteiger partial charge in [0, 0.05) is 12.5 Å². The highest BCUT2D eigenvalue weighted by atomic mass is 16.3. The van der Waals surface area contributed by atoms with E-state index in [4.69, 9.17) is 10.2 Å². The fraction of sp³-hybridized carbons (Fsp3) is 0.417. The molecule has 88 valence electrons. The Labute approximate surface area is 95.5 Å². The van der Waals surface area contributed by atoms with Crippen molar-refractivity contribution in [2.45, 2.75) is 31.8 Å².